The zero-order valence-corrected chi connectivity index (χ0v) is 16.4. The van der Waals surface area contributed by atoms with E-state index in [-0.39, 0.29) is 12.1 Å². The van der Waals surface area contributed by atoms with Crippen LogP contribution in [0, 0.1) is 0 Å². The molecule has 1 aromatic heterocycles. The Labute approximate surface area is 159 Å². The number of nitrogens with zero attached hydrogens (tertiary/aromatic N) is 1. The highest BCUT2D eigenvalue weighted by molar-refractivity contribution is 9.10. The van der Waals surface area contributed by atoms with E-state index in [2.05, 4.69) is 37.5 Å². The normalized spacial score (nSPS) is 14.2. The number of anilines is 1. The molecular weight excluding hydrogens is 406 g/mol. The predicted molar refractivity (Wildman–Crippen MR) is 103 cm³/mol. The molecule has 25 heavy (non-hydrogen) atoms. The smallest absolute Gasteiger partial charge is 0.319 e. The van der Waals surface area contributed by atoms with Crippen LogP contribution in [0.3, 0.4) is 0 Å². The molecule has 1 aliphatic rings. The average molecular weight is 426 g/mol. The summed E-state index contributed by atoms with van der Waals surface area (Å²) in [6.45, 7) is 1.55. The first-order valence-electron chi connectivity index (χ1n) is 7.88. The number of rotatable bonds is 5. The van der Waals surface area contributed by atoms with Gasteiger partial charge in [-0.25, -0.2) is 4.79 Å². The van der Waals surface area contributed by atoms with E-state index >= 15 is 0 Å². The van der Waals surface area contributed by atoms with Gasteiger partial charge in [-0.1, -0.05) is 6.07 Å². The molecule has 8 heteroatoms. The Morgan fingerprint density at radius 1 is 1.32 bits per heavy atom. The zero-order chi connectivity index (χ0) is 17.8. The van der Waals surface area contributed by atoms with Crippen molar-refractivity contribution in [3.8, 4) is 11.5 Å². The standard InChI is InChI=1S/C17H20BrN3O3S/c1-21(2)13(16-4-3-7-25-16)10-19-17(22)20-12-9-15-14(8-11(12)18)23-5-6-24-15/h3-4,7-9,13H,5-6,10H2,1-2H3,(H2,19,20,22)/t13-/m1/s1. The number of fused-ring (bicyclic) bond motifs is 1. The molecule has 0 saturated heterocycles. The summed E-state index contributed by atoms with van der Waals surface area (Å²) in [6, 6.07) is 7.53. The highest BCUT2D eigenvalue weighted by Crippen LogP contribution is 2.38. The number of benzene rings is 1. The second-order valence-corrected chi connectivity index (χ2v) is 7.64. The molecule has 2 amide bonds. The van der Waals surface area contributed by atoms with Gasteiger partial charge in [-0.15, -0.1) is 11.3 Å². The molecule has 0 saturated carbocycles. The number of carbonyl (C=O) groups is 1. The second-order valence-electron chi connectivity index (χ2n) is 5.81. The third-order valence-electron chi connectivity index (χ3n) is 3.83. The summed E-state index contributed by atoms with van der Waals surface area (Å²) in [6.07, 6.45) is 0. The Bertz CT molecular complexity index is 737. The summed E-state index contributed by atoms with van der Waals surface area (Å²) in [5.74, 6) is 1.31. The number of ether oxygens (including phenoxy) is 2. The Kier molecular flexibility index (Phi) is 5.82. The molecule has 3 rings (SSSR count). The maximum Gasteiger partial charge on any atom is 0.319 e. The van der Waals surface area contributed by atoms with Crippen LogP contribution in [0.1, 0.15) is 10.9 Å². The molecule has 134 valence electrons. The van der Waals surface area contributed by atoms with Crippen molar-refractivity contribution in [2.45, 2.75) is 6.04 Å². The first kappa shape index (κ1) is 18.0. The van der Waals surface area contributed by atoms with Gasteiger partial charge in [0.1, 0.15) is 13.2 Å². The fourth-order valence-corrected chi connectivity index (χ4v) is 3.88. The van der Waals surface area contributed by atoms with Gasteiger partial charge in [0.2, 0.25) is 0 Å². The van der Waals surface area contributed by atoms with Crippen molar-refractivity contribution >= 4 is 39.0 Å². The summed E-state index contributed by atoms with van der Waals surface area (Å²) in [5, 5.41) is 7.82. The first-order chi connectivity index (χ1) is 12.0. The van der Waals surface area contributed by atoms with E-state index in [4.69, 9.17) is 9.47 Å². The molecular formula is C17H20BrN3O3S. The van der Waals surface area contributed by atoms with Gasteiger partial charge in [-0.2, -0.15) is 0 Å². The fourth-order valence-electron chi connectivity index (χ4n) is 2.53. The lowest BCUT2D eigenvalue weighted by Crippen LogP contribution is -2.36. The molecule has 2 aromatic rings. The molecule has 0 fully saturated rings. The van der Waals surface area contributed by atoms with Crippen LogP contribution >= 0.6 is 27.3 Å². The van der Waals surface area contributed by atoms with Gasteiger partial charge in [0.15, 0.2) is 11.5 Å². The second kappa shape index (κ2) is 8.07. The Morgan fingerprint density at radius 2 is 2.04 bits per heavy atom. The van der Waals surface area contributed by atoms with E-state index in [0.29, 0.717) is 36.9 Å². The minimum Gasteiger partial charge on any atom is -0.486 e. The van der Waals surface area contributed by atoms with E-state index in [9.17, 15) is 4.79 Å². The fraction of sp³-hybridized carbons (Fsp3) is 0.353. The lowest BCUT2D eigenvalue weighted by atomic mass is 10.2. The molecule has 0 unspecified atom stereocenters. The molecule has 0 bridgehead atoms. The summed E-state index contributed by atoms with van der Waals surface area (Å²) >= 11 is 5.14. The summed E-state index contributed by atoms with van der Waals surface area (Å²) in [4.78, 5) is 15.6. The van der Waals surface area contributed by atoms with Gasteiger partial charge < -0.3 is 25.0 Å². The van der Waals surface area contributed by atoms with Crippen LogP contribution in [-0.2, 0) is 0 Å². The minimum atomic E-state index is -0.263. The third-order valence-corrected chi connectivity index (χ3v) is 5.46. The van der Waals surface area contributed by atoms with E-state index in [1.54, 1.807) is 23.5 Å². The third kappa shape index (κ3) is 4.45. The van der Waals surface area contributed by atoms with Gasteiger partial charge in [-0.05, 0) is 41.5 Å². The van der Waals surface area contributed by atoms with Crippen LogP contribution in [-0.4, -0.2) is 44.8 Å². The number of urea groups is 1. The lowest BCUT2D eigenvalue weighted by molar-refractivity contribution is 0.171. The predicted octanol–water partition coefficient (Wildman–Crippen LogP) is 3.71. The number of amides is 2. The maximum absolute atomic E-state index is 12.3. The van der Waals surface area contributed by atoms with Gasteiger partial charge >= 0.3 is 6.03 Å². The number of likely N-dealkylation sites (N-methyl/N-ethyl adjacent to an activating group) is 1. The number of thiophene rings is 1. The van der Waals surface area contributed by atoms with Gasteiger partial charge in [0.25, 0.3) is 0 Å². The lowest BCUT2D eigenvalue weighted by Gasteiger charge is -2.24. The Balaban J connectivity index is 1.62. The number of nitrogens with one attached hydrogen (secondary N) is 2. The molecule has 6 nitrogen and oxygen atoms in total. The van der Waals surface area contributed by atoms with E-state index in [0.717, 1.165) is 4.47 Å². The monoisotopic (exact) mass is 425 g/mol. The van der Waals surface area contributed by atoms with Crippen LogP contribution in [0.15, 0.2) is 34.1 Å². The molecule has 1 aliphatic heterocycles. The van der Waals surface area contributed by atoms with E-state index in [1.807, 2.05) is 25.5 Å². The topological polar surface area (TPSA) is 62.8 Å². The maximum atomic E-state index is 12.3. The van der Waals surface area contributed by atoms with Crippen molar-refractivity contribution in [3.05, 3.63) is 39.0 Å². The van der Waals surface area contributed by atoms with Crippen LogP contribution in [0.2, 0.25) is 0 Å². The quantitative estimate of drug-likeness (QED) is 0.766. The molecule has 0 radical (unpaired) electrons. The summed E-state index contributed by atoms with van der Waals surface area (Å²) < 4.78 is 11.8. The van der Waals surface area contributed by atoms with Crippen molar-refractivity contribution in [3.63, 3.8) is 0 Å². The van der Waals surface area contributed by atoms with Crippen LogP contribution in [0.4, 0.5) is 10.5 Å². The van der Waals surface area contributed by atoms with Crippen molar-refractivity contribution in [2.75, 3.05) is 39.2 Å². The van der Waals surface area contributed by atoms with Crippen molar-refractivity contribution in [1.82, 2.24) is 10.2 Å². The van der Waals surface area contributed by atoms with Crippen molar-refractivity contribution in [1.29, 1.82) is 0 Å². The van der Waals surface area contributed by atoms with Crippen LogP contribution in [0.5, 0.6) is 11.5 Å². The number of carbonyl (C=O) groups excluding carboxylic acids is 1. The van der Waals surface area contributed by atoms with E-state index < -0.39 is 0 Å². The molecule has 0 spiro atoms. The number of hydrogen-bond acceptors (Lipinski definition) is 5. The molecule has 1 atom stereocenters. The first-order valence-corrected chi connectivity index (χ1v) is 9.55. The highest BCUT2D eigenvalue weighted by atomic mass is 79.9. The van der Waals surface area contributed by atoms with Crippen LogP contribution < -0.4 is 20.1 Å². The van der Waals surface area contributed by atoms with Crippen LogP contribution in [0.25, 0.3) is 0 Å². The van der Waals surface area contributed by atoms with Crippen molar-refractivity contribution in [2.24, 2.45) is 0 Å². The average Bonchev–Trinajstić information content (AvgIpc) is 3.09. The highest BCUT2D eigenvalue weighted by Gasteiger charge is 2.18. The zero-order valence-electron chi connectivity index (χ0n) is 14.0. The number of halogens is 1. The van der Waals surface area contributed by atoms with Gasteiger partial charge in [0, 0.05) is 28.0 Å². The van der Waals surface area contributed by atoms with Gasteiger partial charge in [0.05, 0.1) is 11.7 Å². The Hall–Kier alpha value is -1.77. The van der Waals surface area contributed by atoms with Crippen molar-refractivity contribution < 1.29 is 14.3 Å². The SMILES string of the molecule is CN(C)[C@H](CNC(=O)Nc1cc2c(cc1Br)OCCO2)c1cccs1. The minimum absolute atomic E-state index is 0.134. The van der Waals surface area contributed by atoms with Gasteiger partial charge in [-0.3, -0.25) is 0 Å². The number of hydrogen-bond donors (Lipinski definition) is 2. The molecule has 1 aromatic carbocycles. The largest absolute Gasteiger partial charge is 0.486 e. The molecule has 2 heterocycles. The molecule has 2 N–H and O–H groups in total. The van der Waals surface area contributed by atoms with E-state index in [1.165, 1.54) is 4.88 Å². The molecule has 0 aliphatic carbocycles. The summed E-state index contributed by atoms with van der Waals surface area (Å²) in [7, 11) is 4.00. The Morgan fingerprint density at radius 3 is 2.68 bits per heavy atom. The summed E-state index contributed by atoms with van der Waals surface area (Å²) in [5.41, 5.74) is 0.638.